The summed E-state index contributed by atoms with van der Waals surface area (Å²) in [5.74, 6) is -3.65. The number of aliphatic carboxylic acids is 2. The predicted molar refractivity (Wildman–Crippen MR) is 37.2 cm³/mol. The summed E-state index contributed by atoms with van der Waals surface area (Å²) < 4.78 is 8.90. The molecule has 1 saturated heterocycles. The molecular formula is C6H8O7. The van der Waals surface area contributed by atoms with Gasteiger partial charge in [0.1, 0.15) is 12.7 Å². The van der Waals surface area contributed by atoms with Crippen molar-refractivity contribution in [2.24, 2.45) is 0 Å². The van der Waals surface area contributed by atoms with Crippen molar-refractivity contribution in [1.29, 1.82) is 0 Å². The number of hydrogen-bond acceptors (Lipinski definition) is 5. The highest BCUT2D eigenvalue weighted by Gasteiger charge is 2.19. The molecule has 7 heteroatoms. The molecule has 0 radical (unpaired) electrons. The molecule has 0 aromatic carbocycles. The number of carbonyl (C=O) groups excluding carboxylic acids is 1. The molecule has 0 spiro atoms. The molecule has 7 nitrogen and oxygen atoms in total. The van der Waals surface area contributed by atoms with E-state index >= 15 is 0 Å². The number of hydrogen-bond donors (Lipinski definition) is 2. The topological polar surface area (TPSA) is 110 Å². The zero-order valence-corrected chi connectivity index (χ0v) is 6.72. The van der Waals surface area contributed by atoms with E-state index in [1.807, 2.05) is 0 Å². The zero-order valence-electron chi connectivity index (χ0n) is 6.72. The zero-order chi connectivity index (χ0) is 10.4. The first-order chi connectivity index (χ1) is 5.93. The quantitative estimate of drug-likeness (QED) is 0.400. The summed E-state index contributed by atoms with van der Waals surface area (Å²) in [6.07, 6.45) is -0.597. The summed E-state index contributed by atoms with van der Waals surface area (Å²) in [6, 6.07) is 0. The minimum absolute atomic E-state index is 0.0486. The maximum atomic E-state index is 10.0. The van der Waals surface area contributed by atoms with Crippen molar-refractivity contribution >= 4 is 18.1 Å². The minimum Gasteiger partial charge on any atom is -0.473 e. The number of ether oxygens (including phenoxy) is 2. The fourth-order valence-electron chi connectivity index (χ4n) is 0.418. The third-order valence-electron chi connectivity index (χ3n) is 0.916. The number of rotatable bonds is 0. The smallest absolute Gasteiger partial charge is 0.473 e. The molecule has 0 amide bonds. The van der Waals surface area contributed by atoms with Crippen LogP contribution in [-0.4, -0.2) is 41.0 Å². The van der Waals surface area contributed by atoms with Gasteiger partial charge in [-0.2, -0.15) is 0 Å². The SMILES string of the molecule is CC1COC(=O)O1.O=C(O)C(=O)O. The molecule has 1 heterocycles. The maximum Gasteiger partial charge on any atom is 0.508 e. The molecule has 0 aliphatic carbocycles. The Morgan fingerprint density at radius 1 is 1.38 bits per heavy atom. The molecule has 0 aromatic heterocycles. The molecule has 13 heavy (non-hydrogen) atoms. The van der Waals surface area contributed by atoms with Crippen LogP contribution in [0.1, 0.15) is 6.92 Å². The summed E-state index contributed by atoms with van der Waals surface area (Å²) in [5, 5.41) is 14.8. The first kappa shape index (κ1) is 11.2. The summed E-state index contributed by atoms with van der Waals surface area (Å²) in [6.45, 7) is 2.18. The Kier molecular flexibility index (Phi) is 4.28. The second-order valence-corrected chi connectivity index (χ2v) is 2.10. The molecule has 1 aliphatic heterocycles. The van der Waals surface area contributed by atoms with Crippen molar-refractivity contribution in [3.05, 3.63) is 0 Å². The lowest BCUT2D eigenvalue weighted by atomic mass is 10.5. The first-order valence-electron chi connectivity index (χ1n) is 3.23. The van der Waals surface area contributed by atoms with Gasteiger partial charge in [0.15, 0.2) is 0 Å². The summed E-state index contributed by atoms with van der Waals surface area (Å²) in [5.41, 5.74) is 0. The normalized spacial score (nSPS) is 19.2. The molecule has 0 aromatic rings. The van der Waals surface area contributed by atoms with Gasteiger partial charge in [-0.25, -0.2) is 14.4 Å². The summed E-state index contributed by atoms with van der Waals surface area (Å²) in [7, 11) is 0. The molecule has 2 N–H and O–H groups in total. The van der Waals surface area contributed by atoms with Crippen molar-refractivity contribution in [3.8, 4) is 0 Å². The third-order valence-corrected chi connectivity index (χ3v) is 0.916. The van der Waals surface area contributed by atoms with Crippen LogP contribution in [0.3, 0.4) is 0 Å². The van der Waals surface area contributed by atoms with Crippen LogP contribution in [-0.2, 0) is 19.1 Å². The van der Waals surface area contributed by atoms with E-state index in [2.05, 4.69) is 9.47 Å². The highest BCUT2D eigenvalue weighted by molar-refractivity contribution is 6.27. The van der Waals surface area contributed by atoms with Crippen molar-refractivity contribution in [1.82, 2.24) is 0 Å². The van der Waals surface area contributed by atoms with Crippen LogP contribution in [0.5, 0.6) is 0 Å². The summed E-state index contributed by atoms with van der Waals surface area (Å²) >= 11 is 0. The number of carboxylic acid groups (broad SMARTS) is 2. The van der Waals surface area contributed by atoms with Gasteiger partial charge in [0, 0.05) is 0 Å². The van der Waals surface area contributed by atoms with Gasteiger partial charge < -0.3 is 19.7 Å². The molecule has 1 atom stereocenters. The van der Waals surface area contributed by atoms with Crippen LogP contribution in [0.15, 0.2) is 0 Å². The fraction of sp³-hybridized carbons (Fsp3) is 0.500. The van der Waals surface area contributed by atoms with Gasteiger partial charge in [0.2, 0.25) is 0 Å². The Morgan fingerprint density at radius 3 is 1.92 bits per heavy atom. The molecule has 1 aliphatic rings. The average molecular weight is 192 g/mol. The van der Waals surface area contributed by atoms with Crippen molar-refractivity contribution < 1.29 is 34.1 Å². The van der Waals surface area contributed by atoms with Crippen LogP contribution in [0.4, 0.5) is 4.79 Å². The highest BCUT2D eigenvalue weighted by Crippen LogP contribution is 2.02. The maximum absolute atomic E-state index is 10.0. The van der Waals surface area contributed by atoms with Crippen molar-refractivity contribution in [3.63, 3.8) is 0 Å². The molecule has 0 bridgehead atoms. The van der Waals surface area contributed by atoms with E-state index in [1.165, 1.54) is 0 Å². The van der Waals surface area contributed by atoms with Crippen LogP contribution >= 0.6 is 0 Å². The van der Waals surface area contributed by atoms with E-state index in [0.717, 1.165) is 0 Å². The Hall–Kier alpha value is -1.79. The van der Waals surface area contributed by atoms with E-state index in [-0.39, 0.29) is 6.10 Å². The molecule has 74 valence electrons. The lowest BCUT2D eigenvalue weighted by molar-refractivity contribution is -0.159. The number of carbonyl (C=O) groups is 3. The fourth-order valence-corrected chi connectivity index (χ4v) is 0.418. The minimum atomic E-state index is -1.82. The van der Waals surface area contributed by atoms with Gasteiger partial charge >= 0.3 is 18.1 Å². The van der Waals surface area contributed by atoms with Gasteiger partial charge in [-0.05, 0) is 6.92 Å². The van der Waals surface area contributed by atoms with Gasteiger partial charge in [0.05, 0.1) is 0 Å². The van der Waals surface area contributed by atoms with Crippen molar-refractivity contribution in [2.45, 2.75) is 13.0 Å². The van der Waals surface area contributed by atoms with Crippen LogP contribution in [0, 0.1) is 0 Å². The van der Waals surface area contributed by atoms with E-state index in [0.29, 0.717) is 6.61 Å². The second kappa shape index (κ2) is 4.96. The standard InChI is InChI=1S/C4H6O3.C2H2O4/c1-3-2-6-4(5)7-3;3-1(4)2(5)6/h3H,2H2,1H3;(H,3,4)(H,5,6). The Bertz CT molecular complexity index is 209. The van der Waals surface area contributed by atoms with Gasteiger partial charge in [-0.3, -0.25) is 0 Å². The molecular weight excluding hydrogens is 184 g/mol. The molecule has 1 fully saturated rings. The van der Waals surface area contributed by atoms with Gasteiger partial charge in [-0.1, -0.05) is 0 Å². The molecule has 1 unspecified atom stereocenters. The van der Waals surface area contributed by atoms with Crippen LogP contribution in [0.25, 0.3) is 0 Å². The van der Waals surface area contributed by atoms with Gasteiger partial charge in [-0.15, -0.1) is 0 Å². The number of carboxylic acids is 2. The van der Waals surface area contributed by atoms with Crippen LogP contribution in [0.2, 0.25) is 0 Å². The Labute approximate surface area is 72.9 Å². The number of cyclic esters (lactones) is 2. The van der Waals surface area contributed by atoms with Crippen LogP contribution < -0.4 is 0 Å². The first-order valence-corrected chi connectivity index (χ1v) is 3.23. The largest absolute Gasteiger partial charge is 0.508 e. The third kappa shape index (κ3) is 5.48. The average Bonchev–Trinajstić information content (AvgIpc) is 2.35. The Morgan fingerprint density at radius 2 is 1.85 bits per heavy atom. The second-order valence-electron chi connectivity index (χ2n) is 2.10. The Balaban J connectivity index is 0.000000226. The summed E-state index contributed by atoms with van der Waals surface area (Å²) in [4.78, 5) is 28.2. The lowest BCUT2D eigenvalue weighted by Crippen LogP contribution is -2.09. The molecule has 0 saturated carbocycles. The van der Waals surface area contributed by atoms with E-state index < -0.39 is 18.1 Å². The van der Waals surface area contributed by atoms with Gasteiger partial charge in [0.25, 0.3) is 0 Å². The van der Waals surface area contributed by atoms with E-state index in [1.54, 1.807) is 6.92 Å². The van der Waals surface area contributed by atoms with Crippen molar-refractivity contribution in [2.75, 3.05) is 6.61 Å². The van der Waals surface area contributed by atoms with E-state index in [4.69, 9.17) is 19.8 Å². The monoisotopic (exact) mass is 192 g/mol. The lowest BCUT2D eigenvalue weighted by Gasteiger charge is -1.90. The predicted octanol–water partition coefficient (Wildman–Crippen LogP) is -0.303. The van der Waals surface area contributed by atoms with E-state index in [9.17, 15) is 4.79 Å². The molecule has 1 rings (SSSR count). The highest BCUT2D eigenvalue weighted by atomic mass is 16.8.